The number of rotatable bonds is 8. The predicted octanol–water partition coefficient (Wildman–Crippen LogP) is 3.89. The fourth-order valence-electron chi connectivity index (χ4n) is 3.84. The molecule has 0 heterocycles. The van der Waals surface area contributed by atoms with Gasteiger partial charge in [-0.05, 0) is 49.4 Å². The van der Waals surface area contributed by atoms with E-state index in [0.29, 0.717) is 13.0 Å². The van der Waals surface area contributed by atoms with Gasteiger partial charge in [-0.2, -0.15) is 0 Å². The van der Waals surface area contributed by atoms with Crippen LogP contribution in [0.4, 0.5) is 4.39 Å². The van der Waals surface area contributed by atoms with Gasteiger partial charge in [0.15, 0.2) is 0 Å². The van der Waals surface area contributed by atoms with Gasteiger partial charge >= 0.3 is 0 Å². The number of benzene rings is 2. The summed E-state index contributed by atoms with van der Waals surface area (Å²) in [7, 11) is 0. The second kappa shape index (κ2) is 10.2. The summed E-state index contributed by atoms with van der Waals surface area (Å²) in [6.07, 6.45) is 5.12. The molecule has 4 nitrogen and oxygen atoms in total. The van der Waals surface area contributed by atoms with E-state index in [1.54, 1.807) is 24.0 Å². The van der Waals surface area contributed by atoms with Crippen LogP contribution in [0.1, 0.15) is 43.7 Å². The van der Waals surface area contributed by atoms with Crippen molar-refractivity contribution in [1.82, 2.24) is 10.2 Å². The first-order valence-electron chi connectivity index (χ1n) is 10.4. The molecule has 2 aromatic carbocycles. The van der Waals surface area contributed by atoms with Gasteiger partial charge in [0.05, 0.1) is 6.42 Å². The maximum Gasteiger partial charge on any atom is 0.242 e. The Labute approximate surface area is 172 Å². The lowest BCUT2D eigenvalue weighted by Gasteiger charge is -2.30. The van der Waals surface area contributed by atoms with Crippen molar-refractivity contribution in [3.05, 3.63) is 71.5 Å². The highest BCUT2D eigenvalue weighted by Crippen LogP contribution is 2.18. The number of hydrogen-bond donors (Lipinski definition) is 1. The van der Waals surface area contributed by atoms with Crippen molar-refractivity contribution >= 4 is 11.8 Å². The smallest absolute Gasteiger partial charge is 0.242 e. The van der Waals surface area contributed by atoms with Crippen molar-refractivity contribution in [2.45, 2.75) is 57.5 Å². The molecule has 3 rings (SSSR count). The van der Waals surface area contributed by atoms with Gasteiger partial charge in [-0.25, -0.2) is 4.39 Å². The fraction of sp³-hybridized carbons (Fsp3) is 0.417. The molecule has 1 N–H and O–H groups in total. The summed E-state index contributed by atoms with van der Waals surface area (Å²) in [6.45, 7) is 2.25. The number of hydrogen-bond acceptors (Lipinski definition) is 2. The van der Waals surface area contributed by atoms with Crippen LogP contribution in [-0.4, -0.2) is 35.3 Å². The van der Waals surface area contributed by atoms with Crippen molar-refractivity contribution in [3.8, 4) is 0 Å². The van der Waals surface area contributed by atoms with Crippen LogP contribution < -0.4 is 5.32 Å². The normalized spacial score (nSPS) is 15.1. The van der Waals surface area contributed by atoms with Crippen LogP contribution in [-0.2, 0) is 22.4 Å². The molecule has 0 radical (unpaired) electrons. The van der Waals surface area contributed by atoms with Crippen LogP contribution >= 0.6 is 0 Å². The van der Waals surface area contributed by atoms with Crippen molar-refractivity contribution in [1.29, 1.82) is 0 Å². The van der Waals surface area contributed by atoms with Crippen LogP contribution in [0, 0.1) is 5.82 Å². The molecule has 2 amide bonds. The number of amides is 2. The average molecular weight is 397 g/mol. The molecular formula is C24H29FN2O2. The molecule has 1 saturated carbocycles. The zero-order chi connectivity index (χ0) is 20.6. The molecule has 0 spiro atoms. The fourth-order valence-corrected chi connectivity index (χ4v) is 3.84. The largest absolute Gasteiger partial charge is 0.352 e. The van der Waals surface area contributed by atoms with E-state index in [4.69, 9.17) is 0 Å². The molecule has 5 heteroatoms. The summed E-state index contributed by atoms with van der Waals surface area (Å²) in [6, 6.07) is 15.5. The summed E-state index contributed by atoms with van der Waals surface area (Å²) in [5, 5.41) is 3.10. The molecule has 29 heavy (non-hydrogen) atoms. The lowest BCUT2D eigenvalue weighted by Crippen LogP contribution is -2.51. The number of nitrogens with zero attached hydrogens (tertiary/aromatic N) is 1. The van der Waals surface area contributed by atoms with Gasteiger partial charge in [-0.15, -0.1) is 0 Å². The van der Waals surface area contributed by atoms with Gasteiger partial charge in [0.2, 0.25) is 11.8 Å². The molecule has 0 saturated heterocycles. The first-order valence-corrected chi connectivity index (χ1v) is 10.4. The van der Waals surface area contributed by atoms with Crippen molar-refractivity contribution in [2.75, 3.05) is 6.54 Å². The predicted molar refractivity (Wildman–Crippen MR) is 112 cm³/mol. The van der Waals surface area contributed by atoms with E-state index in [2.05, 4.69) is 5.32 Å². The van der Waals surface area contributed by atoms with Gasteiger partial charge in [-0.3, -0.25) is 9.59 Å². The Morgan fingerprint density at radius 3 is 2.34 bits per heavy atom. The van der Waals surface area contributed by atoms with Gasteiger partial charge in [0, 0.05) is 12.6 Å². The van der Waals surface area contributed by atoms with E-state index in [9.17, 15) is 14.0 Å². The van der Waals surface area contributed by atoms with Crippen molar-refractivity contribution in [2.24, 2.45) is 0 Å². The topological polar surface area (TPSA) is 49.4 Å². The standard InChI is InChI=1S/C24H29FN2O2/c1-18(24(29)26-22-9-5-6-10-22)27(16-15-19-7-3-2-4-8-19)23(28)17-20-11-13-21(25)14-12-20/h2-4,7-8,11-14,18,22H,5-6,9-10,15-17H2,1H3,(H,26,29). The molecule has 1 aliphatic rings. The van der Waals surface area contributed by atoms with Crippen LogP contribution in [0.15, 0.2) is 54.6 Å². The molecule has 154 valence electrons. The summed E-state index contributed by atoms with van der Waals surface area (Å²) < 4.78 is 13.2. The third-order valence-corrected chi connectivity index (χ3v) is 5.62. The Kier molecular flexibility index (Phi) is 7.39. The first-order chi connectivity index (χ1) is 14.0. The van der Waals surface area contributed by atoms with Gasteiger partial charge in [0.1, 0.15) is 11.9 Å². The molecule has 2 aromatic rings. The minimum absolute atomic E-state index is 0.0996. The van der Waals surface area contributed by atoms with E-state index < -0.39 is 6.04 Å². The zero-order valence-electron chi connectivity index (χ0n) is 16.9. The summed E-state index contributed by atoms with van der Waals surface area (Å²) >= 11 is 0. The van der Waals surface area contributed by atoms with E-state index in [1.807, 2.05) is 30.3 Å². The van der Waals surface area contributed by atoms with Gasteiger partial charge in [0.25, 0.3) is 0 Å². The Balaban J connectivity index is 1.69. The molecule has 1 fully saturated rings. The highest BCUT2D eigenvalue weighted by Gasteiger charge is 2.28. The number of halogens is 1. The third kappa shape index (κ3) is 6.14. The Morgan fingerprint density at radius 2 is 1.69 bits per heavy atom. The van der Waals surface area contributed by atoms with Gasteiger partial charge in [-0.1, -0.05) is 55.3 Å². The molecule has 0 aromatic heterocycles. The zero-order valence-corrected chi connectivity index (χ0v) is 16.9. The van der Waals surface area contributed by atoms with E-state index >= 15 is 0 Å². The first kappa shape index (κ1) is 21.0. The molecule has 1 unspecified atom stereocenters. The quantitative estimate of drug-likeness (QED) is 0.736. The maximum absolute atomic E-state index is 13.2. The number of carbonyl (C=O) groups excluding carboxylic acids is 2. The van der Waals surface area contributed by atoms with Crippen LogP contribution in [0.3, 0.4) is 0 Å². The minimum Gasteiger partial charge on any atom is -0.352 e. The van der Waals surface area contributed by atoms with E-state index in [-0.39, 0.29) is 30.1 Å². The van der Waals surface area contributed by atoms with Crippen LogP contribution in [0.5, 0.6) is 0 Å². The SMILES string of the molecule is CC(C(=O)NC1CCCC1)N(CCc1ccccc1)C(=O)Cc1ccc(F)cc1. The van der Waals surface area contributed by atoms with E-state index in [1.165, 1.54) is 12.1 Å². The average Bonchev–Trinajstić information content (AvgIpc) is 3.23. The summed E-state index contributed by atoms with van der Waals surface area (Å²) in [5.41, 5.74) is 1.86. The highest BCUT2D eigenvalue weighted by molar-refractivity contribution is 5.88. The Hall–Kier alpha value is -2.69. The molecule has 0 bridgehead atoms. The van der Waals surface area contributed by atoms with Crippen molar-refractivity contribution < 1.29 is 14.0 Å². The Bertz CT molecular complexity index is 801. The van der Waals surface area contributed by atoms with Gasteiger partial charge < -0.3 is 10.2 Å². The monoisotopic (exact) mass is 396 g/mol. The van der Waals surface area contributed by atoms with Crippen molar-refractivity contribution in [3.63, 3.8) is 0 Å². The molecule has 1 aliphatic carbocycles. The molecule has 1 atom stereocenters. The lowest BCUT2D eigenvalue weighted by molar-refractivity contribution is -0.139. The van der Waals surface area contributed by atoms with E-state index in [0.717, 1.165) is 36.8 Å². The lowest BCUT2D eigenvalue weighted by atomic mass is 10.1. The Morgan fingerprint density at radius 1 is 1.03 bits per heavy atom. The number of carbonyl (C=O) groups is 2. The van der Waals surface area contributed by atoms with Crippen LogP contribution in [0.25, 0.3) is 0 Å². The molecular weight excluding hydrogens is 367 g/mol. The highest BCUT2D eigenvalue weighted by atomic mass is 19.1. The third-order valence-electron chi connectivity index (χ3n) is 5.62. The maximum atomic E-state index is 13.2. The van der Waals surface area contributed by atoms with Crippen LogP contribution in [0.2, 0.25) is 0 Å². The number of nitrogens with one attached hydrogen (secondary N) is 1. The summed E-state index contributed by atoms with van der Waals surface area (Å²) in [4.78, 5) is 27.5. The molecule has 0 aliphatic heterocycles. The second-order valence-electron chi connectivity index (χ2n) is 7.79. The summed E-state index contributed by atoms with van der Waals surface area (Å²) in [5.74, 6) is -0.550. The second-order valence-corrected chi connectivity index (χ2v) is 7.79. The minimum atomic E-state index is -0.549.